The Morgan fingerprint density at radius 2 is 2.24 bits per heavy atom. The molecule has 2 atom stereocenters. The minimum Gasteiger partial charge on any atom is -0.390 e. The average Bonchev–Trinajstić information content (AvgIpc) is 3.15. The summed E-state index contributed by atoms with van der Waals surface area (Å²) in [6.45, 7) is 5.27. The Bertz CT molecular complexity index is 550. The third kappa shape index (κ3) is 3.71. The van der Waals surface area contributed by atoms with Crippen LogP contribution < -0.4 is 0 Å². The van der Waals surface area contributed by atoms with Gasteiger partial charge in [0.2, 0.25) is 0 Å². The van der Waals surface area contributed by atoms with Crippen LogP contribution in [0.25, 0.3) is 0 Å². The zero-order valence-electron chi connectivity index (χ0n) is 12.5. The van der Waals surface area contributed by atoms with E-state index in [2.05, 4.69) is 28.2 Å². The number of nitrogens with zero attached hydrogens (tertiary/aromatic N) is 5. The second kappa shape index (κ2) is 6.41. The minimum atomic E-state index is -0.384. The summed E-state index contributed by atoms with van der Waals surface area (Å²) in [5.74, 6) is 0. The summed E-state index contributed by atoms with van der Waals surface area (Å²) < 4.78 is 3.80. The van der Waals surface area contributed by atoms with E-state index in [0.717, 1.165) is 13.1 Å². The number of hydrogen-bond acceptors (Lipinski definition) is 4. The van der Waals surface area contributed by atoms with Crippen LogP contribution in [0.3, 0.4) is 0 Å². The number of likely N-dealkylation sites (tertiary alicyclic amines) is 1. The molecule has 0 unspecified atom stereocenters. The molecule has 0 spiro atoms. The molecule has 2 aromatic rings. The lowest BCUT2D eigenvalue weighted by Crippen LogP contribution is -2.40. The lowest BCUT2D eigenvalue weighted by atomic mass is 10.2. The van der Waals surface area contributed by atoms with E-state index >= 15 is 0 Å². The fourth-order valence-corrected chi connectivity index (χ4v) is 3.08. The van der Waals surface area contributed by atoms with Gasteiger partial charge in [0.05, 0.1) is 25.4 Å². The van der Waals surface area contributed by atoms with E-state index in [-0.39, 0.29) is 6.10 Å². The van der Waals surface area contributed by atoms with Gasteiger partial charge in [-0.2, -0.15) is 10.2 Å². The van der Waals surface area contributed by atoms with Gasteiger partial charge in [-0.1, -0.05) is 0 Å². The van der Waals surface area contributed by atoms with Gasteiger partial charge >= 0.3 is 0 Å². The van der Waals surface area contributed by atoms with Crippen molar-refractivity contribution in [3.63, 3.8) is 0 Å². The molecule has 3 rings (SSSR count). The molecule has 6 nitrogen and oxygen atoms in total. The first-order valence-electron chi connectivity index (χ1n) is 7.59. The highest BCUT2D eigenvalue weighted by atomic mass is 16.3. The normalized spacial score (nSPS) is 21.0. The largest absolute Gasteiger partial charge is 0.390 e. The van der Waals surface area contributed by atoms with Crippen molar-refractivity contribution >= 4 is 0 Å². The highest BCUT2D eigenvalue weighted by Gasteiger charge is 2.26. The van der Waals surface area contributed by atoms with Crippen LogP contribution in [-0.2, 0) is 13.1 Å². The van der Waals surface area contributed by atoms with Crippen molar-refractivity contribution < 1.29 is 5.11 Å². The Balaban J connectivity index is 1.54. The standard InChI is InChI=1S/C15H23N5O/c1-13-8-17-20(9-13)10-14-4-2-6-18(14)11-15(21)12-19-7-3-5-16-19/h3,5,7-9,14-15,21H,2,4,6,10-12H2,1H3/t14-,15-/m1/s1. The van der Waals surface area contributed by atoms with Crippen molar-refractivity contribution in [2.45, 2.75) is 45.0 Å². The van der Waals surface area contributed by atoms with Crippen molar-refractivity contribution in [3.05, 3.63) is 36.4 Å². The number of rotatable bonds is 6. The van der Waals surface area contributed by atoms with Crippen LogP contribution >= 0.6 is 0 Å². The van der Waals surface area contributed by atoms with Gasteiger partial charge in [0.25, 0.3) is 0 Å². The molecule has 1 N–H and O–H groups in total. The molecule has 0 amide bonds. The molecule has 3 heterocycles. The van der Waals surface area contributed by atoms with Gasteiger partial charge in [-0.15, -0.1) is 0 Å². The highest BCUT2D eigenvalue weighted by Crippen LogP contribution is 2.19. The molecule has 1 saturated heterocycles. The molecule has 0 radical (unpaired) electrons. The molecule has 6 heteroatoms. The molecule has 0 bridgehead atoms. The fraction of sp³-hybridized carbons (Fsp3) is 0.600. The third-order valence-corrected chi connectivity index (χ3v) is 4.06. The van der Waals surface area contributed by atoms with Gasteiger partial charge in [0, 0.05) is 31.2 Å². The first kappa shape index (κ1) is 14.3. The molecule has 1 fully saturated rings. The van der Waals surface area contributed by atoms with E-state index in [4.69, 9.17) is 0 Å². The van der Waals surface area contributed by atoms with Crippen LogP contribution in [0.4, 0.5) is 0 Å². The van der Waals surface area contributed by atoms with E-state index in [1.54, 1.807) is 10.9 Å². The van der Waals surface area contributed by atoms with Crippen molar-refractivity contribution in [1.82, 2.24) is 24.5 Å². The molecule has 2 aromatic heterocycles. The molecule has 0 saturated carbocycles. The maximum atomic E-state index is 10.2. The first-order valence-corrected chi connectivity index (χ1v) is 7.59. The Morgan fingerprint density at radius 3 is 2.95 bits per heavy atom. The zero-order chi connectivity index (χ0) is 14.7. The molecule has 0 aromatic carbocycles. The number of β-amino-alcohol motifs (C(OH)–C–C–N with tert-alkyl or cyclic N) is 1. The fourth-order valence-electron chi connectivity index (χ4n) is 3.08. The van der Waals surface area contributed by atoms with Crippen LogP contribution in [0.5, 0.6) is 0 Å². The molecule has 0 aliphatic carbocycles. The maximum Gasteiger partial charge on any atom is 0.0862 e. The van der Waals surface area contributed by atoms with Crippen molar-refractivity contribution in [2.24, 2.45) is 0 Å². The van der Waals surface area contributed by atoms with Gasteiger partial charge in [0.15, 0.2) is 0 Å². The van der Waals surface area contributed by atoms with E-state index in [1.807, 2.05) is 23.1 Å². The summed E-state index contributed by atoms with van der Waals surface area (Å²) in [7, 11) is 0. The first-order chi connectivity index (χ1) is 10.2. The van der Waals surface area contributed by atoms with Crippen LogP contribution in [0, 0.1) is 6.92 Å². The molecular formula is C15H23N5O. The number of hydrogen-bond donors (Lipinski definition) is 1. The van der Waals surface area contributed by atoms with E-state index in [1.165, 1.54) is 18.4 Å². The average molecular weight is 289 g/mol. The lowest BCUT2D eigenvalue weighted by Gasteiger charge is -2.26. The van der Waals surface area contributed by atoms with E-state index < -0.39 is 0 Å². The zero-order valence-corrected chi connectivity index (χ0v) is 12.5. The molecule has 1 aliphatic heterocycles. The van der Waals surface area contributed by atoms with Crippen molar-refractivity contribution in [3.8, 4) is 0 Å². The molecular weight excluding hydrogens is 266 g/mol. The predicted molar refractivity (Wildman–Crippen MR) is 79.8 cm³/mol. The summed E-state index contributed by atoms with van der Waals surface area (Å²) in [4.78, 5) is 2.38. The number of aliphatic hydroxyl groups is 1. The molecule has 1 aliphatic rings. The van der Waals surface area contributed by atoms with Gasteiger partial charge in [-0.3, -0.25) is 14.3 Å². The van der Waals surface area contributed by atoms with Crippen LogP contribution in [0.1, 0.15) is 18.4 Å². The number of aryl methyl sites for hydroxylation is 1. The van der Waals surface area contributed by atoms with Crippen molar-refractivity contribution in [2.75, 3.05) is 13.1 Å². The van der Waals surface area contributed by atoms with Crippen LogP contribution in [0.2, 0.25) is 0 Å². The topological polar surface area (TPSA) is 59.1 Å². The van der Waals surface area contributed by atoms with E-state index in [0.29, 0.717) is 19.1 Å². The summed E-state index contributed by atoms with van der Waals surface area (Å²) in [6, 6.07) is 2.35. The Labute approximate surface area is 125 Å². The van der Waals surface area contributed by atoms with Crippen molar-refractivity contribution in [1.29, 1.82) is 0 Å². The molecule has 114 valence electrons. The second-order valence-corrected chi connectivity index (χ2v) is 5.91. The minimum absolute atomic E-state index is 0.384. The maximum absolute atomic E-state index is 10.2. The smallest absolute Gasteiger partial charge is 0.0862 e. The summed E-state index contributed by atoms with van der Waals surface area (Å²) in [5, 5.41) is 18.8. The monoisotopic (exact) mass is 289 g/mol. The summed E-state index contributed by atoms with van der Waals surface area (Å²) in [6.07, 6.45) is 9.59. The predicted octanol–water partition coefficient (Wildman–Crippen LogP) is 0.914. The van der Waals surface area contributed by atoms with E-state index in [9.17, 15) is 5.11 Å². The quantitative estimate of drug-likeness (QED) is 0.859. The molecule has 21 heavy (non-hydrogen) atoms. The third-order valence-electron chi connectivity index (χ3n) is 4.06. The SMILES string of the molecule is Cc1cnn(C[C@H]2CCCN2C[C@@H](O)Cn2cccn2)c1. The second-order valence-electron chi connectivity index (χ2n) is 5.91. The van der Waals surface area contributed by atoms with Crippen LogP contribution in [-0.4, -0.2) is 54.8 Å². The Morgan fingerprint density at radius 1 is 1.33 bits per heavy atom. The van der Waals surface area contributed by atoms with Gasteiger partial charge in [-0.05, 0) is 37.9 Å². The summed E-state index contributed by atoms with van der Waals surface area (Å²) in [5.41, 5.74) is 1.19. The lowest BCUT2D eigenvalue weighted by molar-refractivity contribution is 0.0847. The highest BCUT2D eigenvalue weighted by molar-refractivity contribution is 4.99. The Hall–Kier alpha value is -1.66. The van der Waals surface area contributed by atoms with Gasteiger partial charge in [0.1, 0.15) is 0 Å². The number of aliphatic hydroxyl groups excluding tert-OH is 1. The Kier molecular flexibility index (Phi) is 4.36. The summed E-state index contributed by atoms with van der Waals surface area (Å²) >= 11 is 0. The van der Waals surface area contributed by atoms with Crippen LogP contribution in [0.15, 0.2) is 30.9 Å². The van der Waals surface area contributed by atoms with Gasteiger partial charge in [-0.25, -0.2) is 0 Å². The van der Waals surface area contributed by atoms with Gasteiger partial charge < -0.3 is 5.11 Å². The number of aromatic nitrogens is 4.